The molecule has 0 radical (unpaired) electrons. The highest BCUT2D eigenvalue weighted by molar-refractivity contribution is 6.21. The van der Waals surface area contributed by atoms with Crippen LogP contribution in [-0.4, -0.2) is 0 Å². The lowest BCUT2D eigenvalue weighted by Gasteiger charge is -2.56. The molecule has 4 fully saturated rings. The molecule has 0 heteroatoms. The van der Waals surface area contributed by atoms with Crippen molar-refractivity contribution in [2.24, 2.45) is 29.6 Å². The quantitative estimate of drug-likeness (QED) is 0.177. The van der Waals surface area contributed by atoms with Crippen molar-refractivity contribution in [1.29, 1.82) is 0 Å². The molecule has 5 aliphatic carbocycles. The van der Waals surface area contributed by atoms with Gasteiger partial charge in [-0.05, 0) is 145 Å². The highest BCUT2D eigenvalue weighted by atomic mass is 14.6. The Morgan fingerprint density at radius 2 is 0.915 bits per heavy atom. The number of fused-ring (bicyclic) bond motifs is 7. The first-order valence-corrected chi connectivity index (χ1v) is 18.0. The van der Waals surface area contributed by atoms with Gasteiger partial charge in [-0.25, -0.2) is 0 Å². The van der Waals surface area contributed by atoms with E-state index in [0.29, 0.717) is 5.92 Å². The Kier molecular flexibility index (Phi) is 5.57. The molecular formula is C47H38. The van der Waals surface area contributed by atoms with Crippen LogP contribution < -0.4 is 0 Å². The highest BCUT2D eigenvalue weighted by Crippen LogP contribution is 2.64. The van der Waals surface area contributed by atoms with Gasteiger partial charge in [0.25, 0.3) is 0 Å². The van der Waals surface area contributed by atoms with E-state index < -0.39 is 0 Å². The van der Waals surface area contributed by atoms with Crippen LogP contribution in [0.25, 0.3) is 65.7 Å². The van der Waals surface area contributed by atoms with Gasteiger partial charge in [0.15, 0.2) is 0 Å². The van der Waals surface area contributed by atoms with Crippen LogP contribution in [0.4, 0.5) is 0 Å². The first-order chi connectivity index (χ1) is 23.3. The molecule has 0 heterocycles. The van der Waals surface area contributed by atoms with Gasteiger partial charge in [-0.1, -0.05) is 127 Å². The van der Waals surface area contributed by atoms with Crippen molar-refractivity contribution < 1.29 is 0 Å². The second kappa shape index (κ2) is 9.91. The molecule has 0 aliphatic heterocycles. The minimum atomic E-state index is 0.516. The fourth-order valence-corrected chi connectivity index (χ4v) is 11.5. The van der Waals surface area contributed by atoms with E-state index in [-0.39, 0.29) is 0 Å². The molecule has 7 aromatic carbocycles. The van der Waals surface area contributed by atoms with Crippen molar-refractivity contribution in [1.82, 2.24) is 0 Å². The molecular weight excluding hydrogens is 565 g/mol. The Morgan fingerprint density at radius 1 is 0.383 bits per heavy atom. The number of benzene rings is 7. The summed E-state index contributed by atoms with van der Waals surface area (Å²) >= 11 is 0. The minimum Gasteiger partial charge on any atom is -0.0622 e. The van der Waals surface area contributed by atoms with Gasteiger partial charge in [0.2, 0.25) is 0 Å². The molecule has 0 nitrogen and oxygen atoms in total. The zero-order valence-corrected chi connectivity index (χ0v) is 26.7. The maximum Gasteiger partial charge on any atom is 0.0135 e. The van der Waals surface area contributed by atoms with Crippen LogP contribution in [0.15, 0.2) is 133 Å². The van der Waals surface area contributed by atoms with Crippen LogP contribution in [0, 0.1) is 29.6 Å². The van der Waals surface area contributed by atoms with Crippen molar-refractivity contribution in [2.75, 3.05) is 0 Å². The van der Waals surface area contributed by atoms with Gasteiger partial charge in [-0.3, -0.25) is 0 Å². The summed E-state index contributed by atoms with van der Waals surface area (Å²) in [6.45, 7) is 0. The Hall–Kier alpha value is -4.68. The van der Waals surface area contributed by atoms with E-state index in [1.165, 1.54) is 97.8 Å². The summed E-state index contributed by atoms with van der Waals surface area (Å²) in [6, 6.07) is 50.8. The number of rotatable bonds is 3. The van der Waals surface area contributed by atoms with Crippen molar-refractivity contribution in [2.45, 2.75) is 38.0 Å². The fourth-order valence-electron chi connectivity index (χ4n) is 11.5. The van der Waals surface area contributed by atoms with E-state index in [0.717, 1.165) is 29.6 Å². The van der Waals surface area contributed by atoms with Gasteiger partial charge in [0, 0.05) is 5.92 Å². The molecule has 0 spiro atoms. The zero-order chi connectivity index (χ0) is 30.6. The summed E-state index contributed by atoms with van der Waals surface area (Å²) in [6.07, 6.45) is 7.38. The first kappa shape index (κ1) is 26.4. The molecule has 12 rings (SSSR count). The first-order valence-electron chi connectivity index (χ1n) is 18.0. The van der Waals surface area contributed by atoms with E-state index in [4.69, 9.17) is 0 Å². The largest absolute Gasteiger partial charge is 0.0622 e. The monoisotopic (exact) mass is 602 g/mol. The van der Waals surface area contributed by atoms with Gasteiger partial charge in [-0.15, -0.1) is 0 Å². The van der Waals surface area contributed by atoms with Crippen molar-refractivity contribution in [3.05, 3.63) is 145 Å². The average Bonchev–Trinajstić information content (AvgIpc) is 3.44. The highest BCUT2D eigenvalue weighted by Gasteiger charge is 2.52. The van der Waals surface area contributed by atoms with Crippen LogP contribution in [0.1, 0.15) is 49.1 Å². The van der Waals surface area contributed by atoms with Crippen molar-refractivity contribution >= 4 is 32.3 Å². The smallest absolute Gasteiger partial charge is 0.0135 e. The third-order valence-corrected chi connectivity index (χ3v) is 12.9. The van der Waals surface area contributed by atoms with E-state index in [1.54, 1.807) is 11.1 Å². The lowest BCUT2D eigenvalue weighted by Crippen LogP contribution is -2.47. The topological polar surface area (TPSA) is 0 Å². The molecule has 226 valence electrons. The maximum absolute atomic E-state index is 2.59. The Morgan fingerprint density at radius 3 is 1.55 bits per heavy atom. The summed E-state index contributed by atoms with van der Waals surface area (Å²) < 4.78 is 0. The van der Waals surface area contributed by atoms with E-state index in [9.17, 15) is 0 Å². The van der Waals surface area contributed by atoms with Gasteiger partial charge in [-0.2, -0.15) is 0 Å². The molecule has 4 bridgehead atoms. The third-order valence-electron chi connectivity index (χ3n) is 12.9. The summed E-state index contributed by atoms with van der Waals surface area (Å²) in [5.41, 5.74) is 11.5. The van der Waals surface area contributed by atoms with Crippen molar-refractivity contribution in [3.8, 4) is 33.4 Å². The average molecular weight is 603 g/mol. The molecule has 0 saturated heterocycles. The molecule has 1 atom stereocenters. The Bertz CT molecular complexity index is 2290. The predicted octanol–water partition coefficient (Wildman–Crippen LogP) is 12.7. The molecule has 0 aromatic heterocycles. The normalized spacial score (nSPS) is 25.4. The van der Waals surface area contributed by atoms with Crippen LogP contribution in [-0.2, 0) is 0 Å². The summed E-state index contributed by atoms with van der Waals surface area (Å²) in [4.78, 5) is 0. The van der Waals surface area contributed by atoms with E-state index >= 15 is 0 Å². The fraction of sp³-hybridized carbons (Fsp3) is 0.234. The minimum absolute atomic E-state index is 0.516. The third kappa shape index (κ3) is 3.76. The second-order valence-electron chi connectivity index (χ2n) is 15.2. The predicted molar refractivity (Wildman–Crippen MR) is 198 cm³/mol. The van der Waals surface area contributed by atoms with Gasteiger partial charge in [0.05, 0.1) is 0 Å². The van der Waals surface area contributed by atoms with Gasteiger partial charge in [0.1, 0.15) is 0 Å². The lowest BCUT2D eigenvalue weighted by atomic mass is 9.49. The van der Waals surface area contributed by atoms with E-state index in [2.05, 4.69) is 133 Å². The molecule has 7 aromatic rings. The maximum atomic E-state index is 2.59. The Balaban J connectivity index is 1.17. The van der Waals surface area contributed by atoms with Gasteiger partial charge < -0.3 is 0 Å². The summed E-state index contributed by atoms with van der Waals surface area (Å²) in [7, 11) is 0. The van der Waals surface area contributed by atoms with Crippen LogP contribution in [0.2, 0.25) is 0 Å². The Labute approximate surface area is 277 Å². The second-order valence-corrected chi connectivity index (χ2v) is 15.2. The van der Waals surface area contributed by atoms with Crippen molar-refractivity contribution in [3.63, 3.8) is 0 Å². The molecule has 0 N–H and O–H groups in total. The van der Waals surface area contributed by atoms with Crippen LogP contribution in [0.5, 0.6) is 0 Å². The van der Waals surface area contributed by atoms with Gasteiger partial charge >= 0.3 is 0 Å². The van der Waals surface area contributed by atoms with Crippen LogP contribution in [0.3, 0.4) is 0 Å². The molecule has 1 unspecified atom stereocenters. The lowest BCUT2D eigenvalue weighted by molar-refractivity contribution is -0.0424. The molecule has 4 saturated carbocycles. The molecule has 0 amide bonds. The SMILES string of the molecule is c1ccc(-c2c3ccccc3c(-c3ccc4c(c3)-c3c(ccc5ccccc35)C4C3C4CC5CC(C4)CC3C5)c3ccccc23)cc1. The number of hydrogen-bond donors (Lipinski definition) is 0. The van der Waals surface area contributed by atoms with E-state index in [1.807, 2.05) is 0 Å². The standard InChI is InChI=1S/C47H38/c1-2-11-31(12-3-1)44-36-14-6-8-16-38(36)45(39-17-9-7-15-37(39)44)32-19-20-40-42(27-32)46-35-13-5-4-10-30(35)18-21-41(46)47(40)43-33-23-28-22-29(25-33)26-34(43)24-28/h1-21,27-29,33-34,43,47H,22-26H2. The number of hydrogen-bond acceptors (Lipinski definition) is 0. The molecule has 47 heavy (non-hydrogen) atoms. The van der Waals surface area contributed by atoms with Crippen LogP contribution >= 0.6 is 0 Å². The zero-order valence-electron chi connectivity index (χ0n) is 26.7. The summed E-state index contributed by atoms with van der Waals surface area (Å²) in [5, 5.41) is 8.09. The molecule has 5 aliphatic rings. The summed E-state index contributed by atoms with van der Waals surface area (Å²) in [5.74, 6) is 5.06.